The number of allylic oxidation sites excluding steroid dienone is 1. The highest BCUT2D eigenvalue weighted by molar-refractivity contribution is 9.10. The van der Waals surface area contributed by atoms with Gasteiger partial charge in [0.1, 0.15) is 18.1 Å². The Balaban J connectivity index is 1.14. The summed E-state index contributed by atoms with van der Waals surface area (Å²) in [6, 6.07) is 30.3. The number of hydrogen-bond acceptors (Lipinski definition) is 8. The number of imide groups is 1. The van der Waals surface area contributed by atoms with Crippen LogP contribution in [0.1, 0.15) is 48.9 Å². The third-order valence-electron chi connectivity index (χ3n) is 11.1. The van der Waals surface area contributed by atoms with Gasteiger partial charge in [-0.3, -0.25) is 24.4 Å². The van der Waals surface area contributed by atoms with Crippen molar-refractivity contribution in [3.05, 3.63) is 136 Å². The van der Waals surface area contributed by atoms with E-state index in [9.17, 15) is 24.9 Å². The lowest BCUT2D eigenvalue weighted by molar-refractivity contribution is -0.144. The van der Waals surface area contributed by atoms with Gasteiger partial charge in [-0.25, -0.2) is 0 Å². The molecule has 3 aliphatic rings. The van der Waals surface area contributed by atoms with Crippen LogP contribution in [0.25, 0.3) is 11.6 Å². The van der Waals surface area contributed by atoms with Crippen LogP contribution in [0.4, 0.5) is 0 Å². The SMILES string of the molecule is O=C1[C@@H]2[C@@H](CC(COc3ccccc3)=C([C@H](O)CC/C(=C/c3cc(Br)ccc3O)c3ccccn3)[C@@H]2CO)C(=O)N1C1CCN(Cc2ccccc2)CC1. The van der Waals surface area contributed by atoms with Gasteiger partial charge in [-0.15, -0.1) is 0 Å². The molecular formula is C44H46BrN3O6. The largest absolute Gasteiger partial charge is 0.507 e. The quantitative estimate of drug-likeness (QED) is 0.0990. The summed E-state index contributed by atoms with van der Waals surface area (Å²) in [4.78, 5) is 37.0. The lowest BCUT2D eigenvalue weighted by Gasteiger charge is -2.37. The highest BCUT2D eigenvalue weighted by Gasteiger charge is 2.56. The van der Waals surface area contributed by atoms with Crippen LogP contribution in [-0.4, -0.2) is 80.4 Å². The number of aromatic hydroxyl groups is 1. The maximum Gasteiger partial charge on any atom is 0.234 e. The number of nitrogens with zero attached hydrogens (tertiary/aromatic N) is 3. The maximum absolute atomic E-state index is 14.4. The van der Waals surface area contributed by atoms with Crippen LogP contribution in [0, 0.1) is 17.8 Å². The third-order valence-corrected chi connectivity index (χ3v) is 11.6. The molecule has 4 aromatic rings. The van der Waals surface area contributed by atoms with E-state index in [4.69, 9.17) is 4.74 Å². The van der Waals surface area contributed by atoms with Crippen LogP contribution in [-0.2, 0) is 16.1 Å². The van der Waals surface area contributed by atoms with E-state index in [1.54, 1.807) is 18.3 Å². The van der Waals surface area contributed by atoms with E-state index in [0.29, 0.717) is 41.8 Å². The van der Waals surface area contributed by atoms with Gasteiger partial charge in [0.25, 0.3) is 0 Å². The minimum Gasteiger partial charge on any atom is -0.507 e. The van der Waals surface area contributed by atoms with E-state index >= 15 is 0 Å². The van der Waals surface area contributed by atoms with Crippen molar-refractivity contribution in [2.45, 2.75) is 50.8 Å². The number of ether oxygens (including phenoxy) is 1. The predicted molar refractivity (Wildman–Crippen MR) is 211 cm³/mol. The van der Waals surface area contributed by atoms with E-state index in [2.05, 4.69) is 37.9 Å². The van der Waals surface area contributed by atoms with Gasteiger partial charge in [-0.05, 0) is 103 Å². The lowest BCUT2D eigenvalue weighted by Crippen LogP contribution is -2.47. The molecule has 3 heterocycles. The molecule has 9 nitrogen and oxygen atoms in total. The Morgan fingerprint density at radius 1 is 0.944 bits per heavy atom. The first-order valence-corrected chi connectivity index (χ1v) is 19.5. The molecule has 2 fully saturated rings. The Labute approximate surface area is 324 Å². The number of phenolic OH excluding ortho intramolecular Hbond substituents is 1. The van der Waals surface area contributed by atoms with E-state index in [0.717, 1.165) is 35.3 Å². The fraction of sp³-hybridized carbons (Fsp3) is 0.341. The molecule has 0 bridgehead atoms. The van der Waals surface area contributed by atoms with Crippen molar-refractivity contribution >= 4 is 39.4 Å². The van der Waals surface area contributed by atoms with Crippen molar-refractivity contribution < 1.29 is 29.6 Å². The number of halogens is 1. The second-order valence-corrected chi connectivity index (χ2v) is 15.4. The van der Waals surface area contributed by atoms with Crippen molar-refractivity contribution in [3.63, 3.8) is 0 Å². The number of rotatable bonds is 13. The molecular weight excluding hydrogens is 746 g/mol. The number of aliphatic hydroxyl groups is 2. The number of hydrogen-bond donors (Lipinski definition) is 3. The number of pyridine rings is 1. The van der Waals surface area contributed by atoms with Crippen LogP contribution >= 0.6 is 15.9 Å². The second-order valence-electron chi connectivity index (χ2n) is 14.5. The van der Waals surface area contributed by atoms with Gasteiger partial charge in [0, 0.05) is 47.8 Å². The van der Waals surface area contributed by atoms with Crippen LogP contribution in [0.15, 0.2) is 119 Å². The summed E-state index contributed by atoms with van der Waals surface area (Å²) in [5.41, 5.74) is 4.65. The number of fused-ring (bicyclic) bond motifs is 1. The lowest BCUT2D eigenvalue weighted by atomic mass is 9.68. The first kappa shape index (κ1) is 37.7. The van der Waals surface area contributed by atoms with Gasteiger partial charge >= 0.3 is 0 Å². The predicted octanol–water partition coefficient (Wildman–Crippen LogP) is 6.89. The number of likely N-dealkylation sites (tertiary alicyclic amines) is 2. The molecule has 4 atom stereocenters. The number of para-hydroxylation sites is 1. The number of benzene rings is 3. The van der Waals surface area contributed by atoms with Gasteiger partial charge in [-0.1, -0.05) is 70.5 Å². The molecule has 2 saturated heterocycles. The Hall–Kier alpha value is -4.61. The average molecular weight is 793 g/mol. The van der Waals surface area contributed by atoms with Crippen molar-refractivity contribution in [1.82, 2.24) is 14.8 Å². The van der Waals surface area contributed by atoms with Crippen molar-refractivity contribution in [3.8, 4) is 11.5 Å². The molecule has 2 amide bonds. The average Bonchev–Trinajstić information content (AvgIpc) is 3.45. The Kier molecular flexibility index (Phi) is 12.0. The molecule has 54 heavy (non-hydrogen) atoms. The van der Waals surface area contributed by atoms with E-state index in [-0.39, 0.29) is 49.7 Å². The van der Waals surface area contributed by atoms with Gasteiger partial charge < -0.3 is 20.1 Å². The second kappa shape index (κ2) is 17.2. The number of aromatic nitrogens is 1. The summed E-state index contributed by atoms with van der Waals surface area (Å²) >= 11 is 3.49. The molecule has 7 rings (SSSR count). The summed E-state index contributed by atoms with van der Waals surface area (Å²) in [6.07, 6.45) is 4.81. The zero-order valence-electron chi connectivity index (χ0n) is 30.1. The smallest absolute Gasteiger partial charge is 0.234 e. The molecule has 1 aliphatic carbocycles. The summed E-state index contributed by atoms with van der Waals surface area (Å²) in [5, 5.41) is 33.7. The van der Waals surface area contributed by atoms with Gasteiger partial charge in [0.05, 0.1) is 30.2 Å². The molecule has 0 unspecified atom stereocenters. The Morgan fingerprint density at radius 3 is 2.37 bits per heavy atom. The number of carbonyl (C=O) groups is 2. The van der Waals surface area contributed by atoms with Gasteiger partial charge in [0.15, 0.2) is 0 Å². The molecule has 2 aliphatic heterocycles. The van der Waals surface area contributed by atoms with Crippen LogP contribution < -0.4 is 4.74 Å². The normalized spacial score (nSPS) is 21.7. The van der Waals surface area contributed by atoms with Crippen molar-refractivity contribution in [2.75, 3.05) is 26.3 Å². The highest BCUT2D eigenvalue weighted by Crippen LogP contribution is 2.47. The highest BCUT2D eigenvalue weighted by atomic mass is 79.9. The first-order valence-electron chi connectivity index (χ1n) is 18.7. The fourth-order valence-electron chi connectivity index (χ4n) is 8.44. The standard InChI is InChI=1S/C44H46BrN3O6/c45-33-15-17-39(50)31(24-33)23-30(38-13-7-8-20-46-38)14-16-40(51)41-32(28-54-35-11-5-2-6-12-35)25-36-42(37(41)27-49)44(53)48(43(36)52)34-18-21-47(22-19-34)26-29-9-3-1-4-10-29/h1-13,15,17,20,23-24,34,36-37,40,42,49-51H,14,16,18-19,21-22,25-28H2/b30-23-/t36-,37+,40-,42-/m1/s1. The van der Waals surface area contributed by atoms with Crippen LogP contribution in [0.5, 0.6) is 11.5 Å². The molecule has 1 aromatic heterocycles. The molecule has 0 radical (unpaired) electrons. The zero-order valence-corrected chi connectivity index (χ0v) is 31.7. The molecule has 0 spiro atoms. The number of piperidine rings is 1. The van der Waals surface area contributed by atoms with E-state index < -0.39 is 23.9 Å². The van der Waals surface area contributed by atoms with Crippen LogP contribution in [0.3, 0.4) is 0 Å². The van der Waals surface area contributed by atoms with Crippen molar-refractivity contribution in [2.24, 2.45) is 17.8 Å². The van der Waals surface area contributed by atoms with E-state index in [1.165, 1.54) is 10.5 Å². The molecule has 10 heteroatoms. The summed E-state index contributed by atoms with van der Waals surface area (Å²) in [6.45, 7) is 2.10. The first-order chi connectivity index (χ1) is 26.3. The monoisotopic (exact) mass is 791 g/mol. The molecule has 3 N–H and O–H groups in total. The van der Waals surface area contributed by atoms with Gasteiger partial charge in [-0.2, -0.15) is 0 Å². The number of aliphatic hydroxyl groups excluding tert-OH is 2. The minimum atomic E-state index is -1.04. The number of amides is 2. The summed E-state index contributed by atoms with van der Waals surface area (Å²) < 4.78 is 7.02. The topological polar surface area (TPSA) is 123 Å². The molecule has 3 aromatic carbocycles. The Morgan fingerprint density at radius 2 is 1.67 bits per heavy atom. The Bertz CT molecular complexity index is 1980. The zero-order chi connectivity index (χ0) is 37.6. The summed E-state index contributed by atoms with van der Waals surface area (Å²) in [5.74, 6) is -1.82. The molecule has 280 valence electrons. The number of carbonyl (C=O) groups excluding carboxylic acids is 2. The number of phenols is 1. The fourth-order valence-corrected chi connectivity index (χ4v) is 8.82. The minimum absolute atomic E-state index is 0.115. The third kappa shape index (κ3) is 8.37. The van der Waals surface area contributed by atoms with Crippen molar-refractivity contribution in [1.29, 1.82) is 0 Å². The van der Waals surface area contributed by atoms with Crippen LogP contribution in [0.2, 0.25) is 0 Å². The maximum atomic E-state index is 14.4. The molecule has 0 saturated carbocycles. The van der Waals surface area contributed by atoms with E-state index in [1.807, 2.05) is 78.9 Å². The van der Waals surface area contributed by atoms with Gasteiger partial charge in [0.2, 0.25) is 11.8 Å². The summed E-state index contributed by atoms with van der Waals surface area (Å²) in [7, 11) is 0.